The minimum atomic E-state index is -1.28. The first kappa shape index (κ1) is 20.2. The van der Waals surface area contributed by atoms with E-state index < -0.39 is 24.5 Å². The number of β-lactam (4-membered cyclic amide) rings is 1. The third kappa shape index (κ3) is 3.98. The topological polar surface area (TPSA) is 147 Å². The van der Waals surface area contributed by atoms with Crippen molar-refractivity contribution in [2.75, 3.05) is 18.1 Å². The summed E-state index contributed by atoms with van der Waals surface area (Å²) in [7, 11) is 0. The third-order valence-electron chi connectivity index (χ3n) is 3.74. The molecule has 1 aromatic rings. The van der Waals surface area contributed by atoms with Crippen LogP contribution in [0.5, 0.6) is 0 Å². The van der Waals surface area contributed by atoms with Gasteiger partial charge in [-0.2, -0.15) is 0 Å². The molecule has 10 nitrogen and oxygen atoms in total. The minimum Gasteiger partial charge on any atom is -0.479 e. The van der Waals surface area contributed by atoms with Gasteiger partial charge in [-0.3, -0.25) is 9.59 Å². The summed E-state index contributed by atoms with van der Waals surface area (Å²) in [5.74, 6) is -1.70. The Kier molecular flexibility index (Phi) is 5.91. The van der Waals surface area contributed by atoms with E-state index in [9.17, 15) is 14.4 Å². The number of aromatic nitrogens is 1. The molecule has 0 saturated carbocycles. The summed E-state index contributed by atoms with van der Waals surface area (Å²) in [4.78, 5) is 45.8. The molecule has 3 heterocycles. The van der Waals surface area contributed by atoms with Gasteiger partial charge in [0.15, 0.2) is 10.8 Å². The fraction of sp³-hybridized carbons (Fsp3) is 0.267. The number of allylic oxidation sites excluding steroid dienone is 1. The van der Waals surface area contributed by atoms with Crippen molar-refractivity contribution in [1.29, 1.82) is 0 Å². The Morgan fingerprint density at radius 2 is 2.36 bits per heavy atom. The second kappa shape index (κ2) is 8.20. The van der Waals surface area contributed by atoms with E-state index in [4.69, 9.17) is 22.4 Å². The molecule has 3 rings (SSSR count). The lowest BCUT2D eigenvalue weighted by Gasteiger charge is -2.47. The maximum atomic E-state index is 12.7. The van der Waals surface area contributed by atoms with E-state index in [0.717, 1.165) is 16.9 Å². The van der Waals surface area contributed by atoms with Crippen LogP contribution in [-0.4, -0.2) is 62.3 Å². The summed E-state index contributed by atoms with van der Waals surface area (Å²) in [6.07, 6.45) is 3.36. The highest BCUT2D eigenvalue weighted by atomic mass is 35.5. The second-order valence-corrected chi connectivity index (χ2v) is 8.33. The van der Waals surface area contributed by atoms with Gasteiger partial charge in [-0.15, -0.1) is 11.8 Å². The lowest BCUT2D eigenvalue weighted by molar-refractivity contribution is -0.143. The van der Waals surface area contributed by atoms with Crippen molar-refractivity contribution >= 4 is 63.3 Å². The Bertz CT molecular complexity index is 915. The molecule has 1 saturated heterocycles. The standard InChI is InChI=1S/C15H14ClN5O5S2/c1-2-6-3-21-13(25)10(14(21)27-5-6)18-12(24)9(20-26-4-7(22)23)8-11(16)28-15(17)19-8/h2-3,10,14H,1,4-5H2,(H2,17,19)(H,18,24)(H,22,23)/t10?,14-/m1/s1. The Morgan fingerprint density at radius 3 is 2.96 bits per heavy atom. The van der Waals surface area contributed by atoms with Gasteiger partial charge >= 0.3 is 5.97 Å². The average molecular weight is 444 g/mol. The highest BCUT2D eigenvalue weighted by Gasteiger charge is 2.49. The first-order valence-electron chi connectivity index (χ1n) is 7.73. The van der Waals surface area contributed by atoms with Gasteiger partial charge in [0.25, 0.3) is 11.8 Å². The molecule has 1 aromatic heterocycles. The van der Waals surface area contributed by atoms with Crippen LogP contribution in [0.3, 0.4) is 0 Å². The summed E-state index contributed by atoms with van der Waals surface area (Å²) in [5, 5.41) is 14.6. The number of anilines is 1. The van der Waals surface area contributed by atoms with E-state index in [1.54, 1.807) is 12.3 Å². The molecule has 1 fully saturated rings. The number of nitrogens with two attached hydrogens (primary N) is 1. The van der Waals surface area contributed by atoms with Crippen molar-refractivity contribution in [1.82, 2.24) is 15.2 Å². The zero-order valence-corrected chi connectivity index (χ0v) is 16.5. The summed E-state index contributed by atoms with van der Waals surface area (Å²) < 4.78 is 0.0810. The summed E-state index contributed by atoms with van der Waals surface area (Å²) in [5.41, 5.74) is 6.08. The number of hydrogen-bond donors (Lipinski definition) is 3. The Labute approximate surface area is 172 Å². The van der Waals surface area contributed by atoms with Crippen LogP contribution in [0.2, 0.25) is 4.34 Å². The quantitative estimate of drug-likeness (QED) is 0.316. The smallest absolute Gasteiger partial charge is 0.344 e. The van der Waals surface area contributed by atoms with Gasteiger partial charge in [0, 0.05) is 12.0 Å². The van der Waals surface area contributed by atoms with Crippen LogP contribution in [0.1, 0.15) is 5.69 Å². The van der Waals surface area contributed by atoms with E-state index in [1.165, 1.54) is 16.7 Å². The van der Waals surface area contributed by atoms with Gasteiger partial charge in [0.05, 0.1) is 0 Å². The van der Waals surface area contributed by atoms with Crippen LogP contribution in [0.25, 0.3) is 0 Å². The Hall–Kier alpha value is -2.57. The number of carboxylic acid groups (broad SMARTS) is 1. The molecule has 2 amide bonds. The van der Waals surface area contributed by atoms with Gasteiger partial charge in [-0.1, -0.05) is 40.7 Å². The summed E-state index contributed by atoms with van der Waals surface area (Å²) in [6, 6.07) is -0.778. The van der Waals surface area contributed by atoms with E-state index in [2.05, 4.69) is 26.9 Å². The molecule has 4 N–H and O–H groups in total. The van der Waals surface area contributed by atoms with Crippen molar-refractivity contribution < 1.29 is 24.3 Å². The molecule has 1 unspecified atom stereocenters. The van der Waals surface area contributed by atoms with Crippen molar-refractivity contribution in [3.05, 3.63) is 34.5 Å². The van der Waals surface area contributed by atoms with Gasteiger partial charge < -0.3 is 25.9 Å². The molecule has 2 atom stereocenters. The monoisotopic (exact) mass is 443 g/mol. The normalized spacial score (nSPS) is 21.3. The fourth-order valence-corrected chi connectivity index (χ4v) is 4.65. The molecule has 0 aromatic carbocycles. The largest absolute Gasteiger partial charge is 0.479 e. The number of carbonyl (C=O) groups is 3. The lowest BCUT2D eigenvalue weighted by Crippen LogP contribution is -2.69. The zero-order valence-electron chi connectivity index (χ0n) is 14.1. The molecule has 2 aliphatic heterocycles. The van der Waals surface area contributed by atoms with Crippen LogP contribution in [0.15, 0.2) is 29.6 Å². The molecular weight excluding hydrogens is 430 g/mol. The molecule has 0 spiro atoms. The second-order valence-electron chi connectivity index (χ2n) is 5.59. The van der Waals surface area contributed by atoms with Crippen molar-refractivity contribution in [3.63, 3.8) is 0 Å². The van der Waals surface area contributed by atoms with Crippen molar-refractivity contribution in [2.45, 2.75) is 11.4 Å². The van der Waals surface area contributed by atoms with Crippen molar-refractivity contribution in [2.24, 2.45) is 5.16 Å². The molecule has 2 aliphatic rings. The van der Waals surface area contributed by atoms with Crippen LogP contribution in [-0.2, 0) is 19.2 Å². The fourth-order valence-electron chi connectivity index (χ4n) is 2.46. The maximum absolute atomic E-state index is 12.7. The molecule has 148 valence electrons. The van der Waals surface area contributed by atoms with Gasteiger partial charge in [-0.25, -0.2) is 9.78 Å². The van der Waals surface area contributed by atoms with Crippen molar-refractivity contribution in [3.8, 4) is 0 Å². The number of nitrogens with zero attached hydrogens (tertiary/aromatic N) is 3. The highest BCUT2D eigenvalue weighted by Crippen LogP contribution is 2.36. The van der Waals surface area contributed by atoms with Crippen LogP contribution in [0.4, 0.5) is 5.13 Å². The van der Waals surface area contributed by atoms with Crippen LogP contribution in [0, 0.1) is 0 Å². The number of hydrogen-bond acceptors (Lipinski definition) is 9. The Morgan fingerprint density at radius 1 is 1.61 bits per heavy atom. The predicted molar refractivity (Wildman–Crippen MR) is 105 cm³/mol. The molecular formula is C15H14ClN5O5S2. The third-order valence-corrected chi connectivity index (χ3v) is 6.16. The van der Waals surface area contributed by atoms with E-state index in [-0.39, 0.29) is 32.2 Å². The van der Waals surface area contributed by atoms with Crippen LogP contribution < -0.4 is 11.1 Å². The first-order chi connectivity index (χ1) is 13.3. The molecule has 0 bridgehead atoms. The number of halogens is 1. The number of carbonyl (C=O) groups excluding carboxylic acids is 2. The van der Waals surface area contributed by atoms with E-state index >= 15 is 0 Å². The number of thiazole rings is 1. The number of fused-ring (bicyclic) bond motifs is 1. The Balaban J connectivity index is 1.78. The number of carboxylic acids is 1. The molecule has 0 aliphatic carbocycles. The van der Waals surface area contributed by atoms with Crippen LogP contribution >= 0.6 is 34.7 Å². The summed E-state index contributed by atoms with van der Waals surface area (Å²) >= 11 is 8.42. The number of oxime groups is 1. The number of aliphatic carboxylic acids is 1. The van der Waals surface area contributed by atoms with E-state index in [0.29, 0.717) is 5.75 Å². The summed E-state index contributed by atoms with van der Waals surface area (Å²) in [6.45, 7) is 2.91. The van der Waals surface area contributed by atoms with Gasteiger partial charge in [-0.05, 0) is 5.57 Å². The molecule has 13 heteroatoms. The predicted octanol–water partition coefficient (Wildman–Crippen LogP) is 0.654. The molecule has 0 radical (unpaired) electrons. The lowest BCUT2D eigenvalue weighted by atomic mass is 10.1. The van der Waals surface area contributed by atoms with Gasteiger partial charge in [0.1, 0.15) is 21.4 Å². The van der Waals surface area contributed by atoms with E-state index in [1.807, 2.05) is 0 Å². The highest BCUT2D eigenvalue weighted by molar-refractivity contribution is 8.00. The number of amides is 2. The number of thioether (sulfide) groups is 1. The first-order valence-corrected chi connectivity index (χ1v) is 9.97. The SMILES string of the molecule is C=CC1=CN2C(=O)C(NC(=O)C(=NOCC(=O)O)c3nc(N)sc3Cl)[C@H]2SC1. The number of nitrogens with one attached hydrogen (secondary N) is 1. The minimum absolute atomic E-state index is 0.0548. The average Bonchev–Trinajstić information content (AvgIpc) is 2.99. The number of rotatable bonds is 7. The maximum Gasteiger partial charge on any atom is 0.344 e. The molecule has 28 heavy (non-hydrogen) atoms. The number of nitrogen functional groups attached to an aromatic ring is 1. The zero-order chi connectivity index (χ0) is 20.4. The van der Waals surface area contributed by atoms with Gasteiger partial charge in [0.2, 0.25) is 6.61 Å².